The Kier molecular flexibility index (Phi) is 4.24. The molecule has 0 heterocycles. The van der Waals surface area contributed by atoms with Gasteiger partial charge in [-0.2, -0.15) is 0 Å². The van der Waals surface area contributed by atoms with E-state index in [2.05, 4.69) is 13.8 Å². The van der Waals surface area contributed by atoms with Gasteiger partial charge in [-0.15, -0.1) is 0 Å². The van der Waals surface area contributed by atoms with E-state index in [0.717, 1.165) is 31.2 Å². The molecule has 3 heteroatoms. The van der Waals surface area contributed by atoms with E-state index in [-0.39, 0.29) is 0 Å². The third-order valence-electron chi connectivity index (χ3n) is 4.54. The van der Waals surface area contributed by atoms with Crippen LogP contribution in [0.3, 0.4) is 0 Å². The largest absolute Gasteiger partial charge is 0.385 e. The zero-order chi connectivity index (χ0) is 14.1. The van der Waals surface area contributed by atoms with E-state index < -0.39 is 11.7 Å². The first-order valence-corrected chi connectivity index (χ1v) is 7.25. The van der Waals surface area contributed by atoms with E-state index in [9.17, 15) is 5.11 Å². The highest BCUT2D eigenvalue weighted by Gasteiger charge is 2.44. The van der Waals surface area contributed by atoms with E-state index in [1.54, 1.807) is 7.11 Å². The first kappa shape index (κ1) is 14.8. The monoisotopic (exact) mass is 282 g/mol. The van der Waals surface area contributed by atoms with Crippen LogP contribution in [0.25, 0.3) is 0 Å². The topological polar surface area (TPSA) is 29.5 Å². The van der Waals surface area contributed by atoms with Gasteiger partial charge in [0.05, 0.1) is 5.60 Å². The summed E-state index contributed by atoms with van der Waals surface area (Å²) in [7, 11) is 1.71. The molecule has 106 valence electrons. The first-order valence-electron chi connectivity index (χ1n) is 6.87. The summed E-state index contributed by atoms with van der Waals surface area (Å²) >= 11 is 5.90. The molecular weight excluding hydrogens is 260 g/mol. The Morgan fingerprint density at radius 1 is 1.11 bits per heavy atom. The van der Waals surface area contributed by atoms with E-state index in [1.807, 2.05) is 24.3 Å². The van der Waals surface area contributed by atoms with E-state index in [4.69, 9.17) is 16.3 Å². The van der Waals surface area contributed by atoms with Crippen molar-refractivity contribution in [3.05, 3.63) is 34.9 Å². The fourth-order valence-electron chi connectivity index (χ4n) is 2.89. The number of benzene rings is 1. The highest BCUT2D eigenvalue weighted by molar-refractivity contribution is 6.30. The lowest BCUT2D eigenvalue weighted by atomic mass is 9.68. The van der Waals surface area contributed by atoms with Crippen LogP contribution in [0.1, 0.15) is 51.2 Å². The number of methoxy groups -OCH3 is 1. The molecule has 0 radical (unpaired) electrons. The third-order valence-corrected chi connectivity index (χ3v) is 4.79. The van der Waals surface area contributed by atoms with Gasteiger partial charge in [-0.25, -0.2) is 0 Å². The molecule has 0 saturated heterocycles. The van der Waals surface area contributed by atoms with Gasteiger partial charge in [0.1, 0.15) is 6.10 Å². The summed E-state index contributed by atoms with van der Waals surface area (Å²) in [5.74, 6) is 0. The molecule has 1 aliphatic carbocycles. The van der Waals surface area contributed by atoms with Crippen molar-refractivity contribution in [2.75, 3.05) is 7.11 Å². The van der Waals surface area contributed by atoms with Crippen molar-refractivity contribution < 1.29 is 9.84 Å². The van der Waals surface area contributed by atoms with Gasteiger partial charge in [-0.1, -0.05) is 37.6 Å². The van der Waals surface area contributed by atoms with Gasteiger partial charge in [-0.3, -0.25) is 0 Å². The molecule has 0 spiro atoms. The van der Waals surface area contributed by atoms with Gasteiger partial charge < -0.3 is 9.84 Å². The Bertz CT molecular complexity index is 415. The maximum atomic E-state index is 10.7. The average molecular weight is 283 g/mol. The zero-order valence-corrected chi connectivity index (χ0v) is 12.7. The third kappa shape index (κ3) is 3.13. The Morgan fingerprint density at radius 3 is 2.11 bits per heavy atom. The Hall–Kier alpha value is -0.570. The summed E-state index contributed by atoms with van der Waals surface area (Å²) in [4.78, 5) is 0. The summed E-state index contributed by atoms with van der Waals surface area (Å²) in [5.41, 5.74) is 0.774. The summed E-state index contributed by atoms with van der Waals surface area (Å²) in [5, 5.41) is 11.4. The molecular formula is C16H23ClO2. The van der Waals surface area contributed by atoms with Crippen molar-refractivity contribution in [3.8, 4) is 0 Å². The van der Waals surface area contributed by atoms with Crippen LogP contribution in [0.2, 0.25) is 5.02 Å². The molecule has 0 bridgehead atoms. The van der Waals surface area contributed by atoms with Crippen molar-refractivity contribution in [1.29, 1.82) is 0 Å². The number of hydrogen-bond acceptors (Lipinski definition) is 2. The van der Waals surface area contributed by atoms with E-state index in [0.29, 0.717) is 10.4 Å². The van der Waals surface area contributed by atoms with Gasteiger partial charge in [0.25, 0.3) is 0 Å². The molecule has 1 fully saturated rings. The van der Waals surface area contributed by atoms with Crippen LogP contribution in [-0.4, -0.2) is 17.8 Å². The van der Waals surface area contributed by atoms with Crippen LogP contribution in [0.5, 0.6) is 0 Å². The minimum atomic E-state index is -0.592. The molecule has 0 aromatic heterocycles. The highest BCUT2D eigenvalue weighted by Crippen LogP contribution is 2.47. The maximum absolute atomic E-state index is 10.7. The van der Waals surface area contributed by atoms with Gasteiger partial charge >= 0.3 is 0 Å². The first-order chi connectivity index (χ1) is 8.88. The number of aliphatic hydroxyl groups excluding tert-OH is 1. The number of aliphatic hydroxyl groups is 1. The molecule has 1 N–H and O–H groups in total. The Labute approximate surface area is 120 Å². The number of ether oxygens (including phenoxy) is 1. The molecule has 1 atom stereocenters. The lowest BCUT2D eigenvalue weighted by Gasteiger charge is -2.45. The average Bonchev–Trinajstić information content (AvgIpc) is 2.40. The summed E-state index contributed by atoms with van der Waals surface area (Å²) in [6.07, 6.45) is 3.34. The fraction of sp³-hybridized carbons (Fsp3) is 0.625. The zero-order valence-electron chi connectivity index (χ0n) is 11.9. The van der Waals surface area contributed by atoms with E-state index in [1.165, 1.54) is 0 Å². The summed E-state index contributed by atoms with van der Waals surface area (Å²) in [6, 6.07) is 7.40. The smallest absolute Gasteiger partial charge is 0.108 e. The van der Waals surface area contributed by atoms with Gasteiger partial charge in [0, 0.05) is 12.1 Å². The predicted molar refractivity (Wildman–Crippen MR) is 78.4 cm³/mol. The second-order valence-electron chi connectivity index (χ2n) is 6.39. The maximum Gasteiger partial charge on any atom is 0.108 e. The SMILES string of the molecule is COC1(C(O)c2ccc(Cl)cc2)CCC(C)(C)CC1. The number of hydrogen-bond donors (Lipinski definition) is 1. The lowest BCUT2D eigenvalue weighted by Crippen LogP contribution is -2.43. The quantitative estimate of drug-likeness (QED) is 0.893. The highest BCUT2D eigenvalue weighted by atomic mass is 35.5. The van der Waals surface area contributed by atoms with Crippen molar-refractivity contribution in [2.45, 2.75) is 51.2 Å². The molecule has 19 heavy (non-hydrogen) atoms. The van der Waals surface area contributed by atoms with Crippen LogP contribution in [-0.2, 0) is 4.74 Å². The number of halogens is 1. The van der Waals surface area contributed by atoms with Crippen molar-refractivity contribution >= 4 is 11.6 Å². The molecule has 1 aliphatic rings. The van der Waals surface area contributed by atoms with Crippen LogP contribution >= 0.6 is 11.6 Å². The van der Waals surface area contributed by atoms with Gasteiger partial charge in [0.2, 0.25) is 0 Å². The van der Waals surface area contributed by atoms with Gasteiger partial charge in [-0.05, 0) is 48.8 Å². The van der Waals surface area contributed by atoms with Crippen LogP contribution in [0.4, 0.5) is 0 Å². The summed E-state index contributed by atoms with van der Waals surface area (Å²) in [6.45, 7) is 4.56. The van der Waals surface area contributed by atoms with Crippen molar-refractivity contribution in [1.82, 2.24) is 0 Å². The molecule has 1 unspecified atom stereocenters. The standard InChI is InChI=1S/C16H23ClO2/c1-15(2)8-10-16(19-3,11-9-15)14(18)12-4-6-13(17)7-5-12/h4-7,14,18H,8-11H2,1-3H3. The minimum Gasteiger partial charge on any atom is -0.385 e. The Morgan fingerprint density at radius 2 is 1.63 bits per heavy atom. The van der Waals surface area contributed by atoms with Crippen molar-refractivity contribution in [2.24, 2.45) is 5.41 Å². The molecule has 1 aromatic rings. The second-order valence-corrected chi connectivity index (χ2v) is 6.82. The number of rotatable bonds is 3. The minimum absolute atomic E-state index is 0.349. The van der Waals surface area contributed by atoms with Crippen LogP contribution in [0.15, 0.2) is 24.3 Å². The fourth-order valence-corrected chi connectivity index (χ4v) is 3.01. The normalized spacial score (nSPS) is 23.0. The van der Waals surface area contributed by atoms with Gasteiger partial charge in [0.15, 0.2) is 0 Å². The van der Waals surface area contributed by atoms with Crippen LogP contribution < -0.4 is 0 Å². The molecule has 0 amide bonds. The molecule has 2 rings (SSSR count). The molecule has 1 aromatic carbocycles. The molecule has 1 saturated carbocycles. The summed E-state index contributed by atoms with van der Waals surface area (Å²) < 4.78 is 5.74. The van der Waals surface area contributed by atoms with Crippen LogP contribution in [0, 0.1) is 5.41 Å². The lowest BCUT2D eigenvalue weighted by molar-refractivity contribution is -0.138. The molecule has 0 aliphatic heterocycles. The van der Waals surface area contributed by atoms with E-state index >= 15 is 0 Å². The predicted octanol–water partition coefficient (Wildman–Crippen LogP) is 4.36. The van der Waals surface area contributed by atoms with Crippen molar-refractivity contribution in [3.63, 3.8) is 0 Å². The second kappa shape index (κ2) is 5.43. The molecule has 2 nitrogen and oxygen atoms in total. The Balaban J connectivity index is 2.19.